The molecule has 62 valence electrons. The van der Waals surface area contributed by atoms with E-state index in [1.807, 2.05) is 0 Å². The van der Waals surface area contributed by atoms with Crippen LogP contribution < -0.4 is 0 Å². The summed E-state index contributed by atoms with van der Waals surface area (Å²) in [5.74, 6) is 0.933. The molecular formula is C11H18. The van der Waals surface area contributed by atoms with E-state index in [-0.39, 0.29) is 0 Å². The highest BCUT2D eigenvalue weighted by Crippen LogP contribution is 2.21. The molecule has 0 saturated heterocycles. The van der Waals surface area contributed by atoms with Crippen molar-refractivity contribution < 1.29 is 0 Å². The van der Waals surface area contributed by atoms with Crippen molar-refractivity contribution in [2.45, 2.75) is 39.0 Å². The topological polar surface area (TPSA) is 0 Å². The molecule has 1 rings (SSSR count). The summed E-state index contributed by atoms with van der Waals surface area (Å²) in [7, 11) is 0. The van der Waals surface area contributed by atoms with Gasteiger partial charge in [0.15, 0.2) is 0 Å². The third-order valence-electron chi connectivity index (χ3n) is 2.25. The van der Waals surface area contributed by atoms with Crippen molar-refractivity contribution in [1.29, 1.82) is 0 Å². The lowest BCUT2D eigenvalue weighted by Gasteiger charge is -2.14. The highest BCUT2D eigenvalue weighted by molar-refractivity contribution is 4.93. The second-order valence-corrected chi connectivity index (χ2v) is 3.27. The number of hydrogen-bond acceptors (Lipinski definition) is 0. The zero-order chi connectivity index (χ0) is 7.94. The van der Waals surface area contributed by atoms with Crippen LogP contribution in [-0.4, -0.2) is 0 Å². The monoisotopic (exact) mass is 150 g/mol. The van der Waals surface area contributed by atoms with Crippen molar-refractivity contribution in [2.75, 3.05) is 0 Å². The minimum absolute atomic E-state index is 0.933. The Kier molecular flexibility index (Phi) is 4.03. The lowest BCUT2D eigenvalue weighted by Crippen LogP contribution is -2.00. The van der Waals surface area contributed by atoms with Gasteiger partial charge in [-0.2, -0.15) is 0 Å². The van der Waals surface area contributed by atoms with Crippen molar-refractivity contribution >= 4 is 0 Å². The van der Waals surface area contributed by atoms with Crippen LogP contribution in [0.3, 0.4) is 0 Å². The lowest BCUT2D eigenvalue weighted by molar-refractivity contribution is 0.485. The minimum atomic E-state index is 0.933. The Labute approximate surface area is 70.0 Å². The Morgan fingerprint density at radius 3 is 2.91 bits per heavy atom. The molecule has 0 radical (unpaired) electrons. The first-order valence-electron chi connectivity index (χ1n) is 4.73. The van der Waals surface area contributed by atoms with Crippen LogP contribution in [0, 0.1) is 5.92 Å². The van der Waals surface area contributed by atoms with E-state index in [4.69, 9.17) is 0 Å². The van der Waals surface area contributed by atoms with E-state index in [0.29, 0.717) is 0 Å². The predicted molar refractivity (Wildman–Crippen MR) is 50.5 cm³/mol. The average Bonchev–Trinajstić information content (AvgIpc) is 2.07. The number of allylic oxidation sites excluding steroid dienone is 4. The maximum atomic E-state index is 2.34. The Bertz CT molecular complexity index is 142. The molecule has 0 bridgehead atoms. The normalized spacial score (nSPS) is 24.6. The molecule has 0 aromatic carbocycles. The van der Waals surface area contributed by atoms with Gasteiger partial charge in [-0.1, -0.05) is 31.2 Å². The van der Waals surface area contributed by atoms with Gasteiger partial charge in [0.05, 0.1) is 0 Å². The molecule has 0 aromatic heterocycles. The van der Waals surface area contributed by atoms with Gasteiger partial charge in [-0.25, -0.2) is 0 Å². The predicted octanol–water partition coefficient (Wildman–Crippen LogP) is 3.70. The van der Waals surface area contributed by atoms with Gasteiger partial charge in [0.2, 0.25) is 0 Å². The van der Waals surface area contributed by atoms with Crippen LogP contribution in [-0.2, 0) is 0 Å². The molecule has 0 aromatic rings. The third kappa shape index (κ3) is 3.41. The van der Waals surface area contributed by atoms with E-state index in [1.54, 1.807) is 0 Å². The molecule has 0 nitrogen and oxygen atoms in total. The van der Waals surface area contributed by atoms with Crippen molar-refractivity contribution in [3.8, 4) is 0 Å². The third-order valence-corrected chi connectivity index (χ3v) is 2.25. The van der Waals surface area contributed by atoms with E-state index in [1.165, 1.54) is 32.1 Å². The molecule has 1 aliphatic carbocycles. The largest absolute Gasteiger partial charge is 0.0888 e. The molecular weight excluding hydrogens is 132 g/mol. The van der Waals surface area contributed by atoms with Gasteiger partial charge in [0, 0.05) is 0 Å². The van der Waals surface area contributed by atoms with Crippen LogP contribution in [0.5, 0.6) is 0 Å². The summed E-state index contributed by atoms with van der Waals surface area (Å²) in [6, 6.07) is 0. The first-order valence-corrected chi connectivity index (χ1v) is 4.73. The van der Waals surface area contributed by atoms with Crippen LogP contribution in [0.25, 0.3) is 0 Å². The van der Waals surface area contributed by atoms with E-state index >= 15 is 0 Å². The summed E-state index contributed by atoms with van der Waals surface area (Å²) in [6.07, 6.45) is 15.7. The summed E-state index contributed by atoms with van der Waals surface area (Å²) >= 11 is 0. The van der Waals surface area contributed by atoms with E-state index in [2.05, 4.69) is 31.2 Å². The maximum Gasteiger partial charge on any atom is -0.0319 e. The van der Waals surface area contributed by atoms with Gasteiger partial charge < -0.3 is 0 Å². The van der Waals surface area contributed by atoms with Gasteiger partial charge in [-0.3, -0.25) is 0 Å². The van der Waals surface area contributed by atoms with Crippen molar-refractivity contribution in [3.05, 3.63) is 24.3 Å². The zero-order valence-electron chi connectivity index (χ0n) is 7.42. The highest BCUT2D eigenvalue weighted by Gasteiger charge is 2.06. The number of rotatable bonds is 3. The second-order valence-electron chi connectivity index (χ2n) is 3.27. The Morgan fingerprint density at radius 2 is 2.27 bits per heavy atom. The second kappa shape index (κ2) is 5.17. The van der Waals surface area contributed by atoms with Crippen LogP contribution >= 0.6 is 0 Å². The van der Waals surface area contributed by atoms with Crippen molar-refractivity contribution in [3.63, 3.8) is 0 Å². The summed E-state index contributed by atoms with van der Waals surface area (Å²) in [6.45, 7) is 2.19. The zero-order valence-corrected chi connectivity index (χ0v) is 7.42. The summed E-state index contributed by atoms with van der Waals surface area (Å²) in [5, 5.41) is 0. The summed E-state index contributed by atoms with van der Waals surface area (Å²) in [5.41, 5.74) is 0. The van der Waals surface area contributed by atoms with Gasteiger partial charge in [0.1, 0.15) is 0 Å². The highest BCUT2D eigenvalue weighted by atomic mass is 14.1. The summed E-state index contributed by atoms with van der Waals surface area (Å²) < 4.78 is 0. The Hall–Kier alpha value is -0.520. The van der Waals surface area contributed by atoms with Gasteiger partial charge >= 0.3 is 0 Å². The fourth-order valence-corrected chi connectivity index (χ4v) is 1.53. The Balaban J connectivity index is 2.16. The first kappa shape index (κ1) is 8.58. The fourth-order valence-electron chi connectivity index (χ4n) is 1.53. The quantitative estimate of drug-likeness (QED) is 0.538. The summed E-state index contributed by atoms with van der Waals surface area (Å²) in [4.78, 5) is 0. The molecule has 0 heteroatoms. The molecule has 0 fully saturated rings. The molecule has 1 unspecified atom stereocenters. The molecule has 1 aliphatic rings. The van der Waals surface area contributed by atoms with E-state index < -0.39 is 0 Å². The van der Waals surface area contributed by atoms with E-state index in [9.17, 15) is 0 Å². The minimum Gasteiger partial charge on any atom is -0.0888 e. The van der Waals surface area contributed by atoms with Crippen LogP contribution in [0.1, 0.15) is 39.0 Å². The fraction of sp³-hybridized carbons (Fsp3) is 0.636. The molecule has 1 atom stereocenters. The van der Waals surface area contributed by atoms with Gasteiger partial charge in [0.25, 0.3) is 0 Å². The van der Waals surface area contributed by atoms with Crippen LogP contribution in [0.2, 0.25) is 0 Å². The smallest absolute Gasteiger partial charge is 0.0319 e. The molecule has 0 aliphatic heterocycles. The number of hydrogen-bond donors (Lipinski definition) is 0. The standard InChI is InChI=1S/C11H18/c1-2-3-5-8-11-9-6-4-7-10-11/h3-6,11H,2,7-10H2,1H3/b5-3+. The molecule has 0 heterocycles. The maximum absolute atomic E-state index is 2.34. The lowest BCUT2D eigenvalue weighted by atomic mass is 9.91. The molecule has 11 heavy (non-hydrogen) atoms. The molecule has 0 amide bonds. The van der Waals surface area contributed by atoms with Crippen LogP contribution in [0.4, 0.5) is 0 Å². The average molecular weight is 150 g/mol. The van der Waals surface area contributed by atoms with Crippen LogP contribution in [0.15, 0.2) is 24.3 Å². The van der Waals surface area contributed by atoms with Crippen molar-refractivity contribution in [1.82, 2.24) is 0 Å². The molecule has 0 saturated carbocycles. The molecule has 0 N–H and O–H groups in total. The van der Waals surface area contributed by atoms with Gasteiger partial charge in [-0.05, 0) is 38.0 Å². The SMILES string of the molecule is CC/C=C/CC1CC=CCC1. The van der Waals surface area contributed by atoms with Crippen molar-refractivity contribution in [2.24, 2.45) is 5.92 Å². The Morgan fingerprint density at radius 1 is 1.36 bits per heavy atom. The van der Waals surface area contributed by atoms with E-state index in [0.717, 1.165) is 5.92 Å². The first-order chi connectivity index (χ1) is 5.43. The molecule has 0 spiro atoms. The van der Waals surface area contributed by atoms with Gasteiger partial charge in [-0.15, -0.1) is 0 Å².